The van der Waals surface area contributed by atoms with Crippen molar-refractivity contribution in [1.82, 2.24) is 4.90 Å². The first-order chi connectivity index (χ1) is 13.4. The highest BCUT2D eigenvalue weighted by molar-refractivity contribution is 6.30. The van der Waals surface area contributed by atoms with E-state index >= 15 is 0 Å². The number of hydrogen-bond acceptors (Lipinski definition) is 2. The minimum atomic E-state index is -1.72. The van der Waals surface area contributed by atoms with Crippen LogP contribution in [0.5, 0.6) is 0 Å². The Hall–Kier alpha value is -1.82. The van der Waals surface area contributed by atoms with Crippen molar-refractivity contribution < 1.29 is 18.3 Å². The van der Waals surface area contributed by atoms with Gasteiger partial charge < -0.3 is 10.0 Å². The van der Waals surface area contributed by atoms with Crippen LogP contribution in [0.3, 0.4) is 0 Å². The van der Waals surface area contributed by atoms with Crippen LogP contribution in [0.4, 0.5) is 13.2 Å². The van der Waals surface area contributed by atoms with Crippen molar-refractivity contribution in [1.29, 1.82) is 0 Å². The molecule has 1 heterocycles. The van der Waals surface area contributed by atoms with Crippen LogP contribution in [0.25, 0.3) is 5.57 Å². The molecular weight excluding hydrogens is 387 g/mol. The van der Waals surface area contributed by atoms with E-state index in [0.717, 1.165) is 5.56 Å². The molecular formula is C22H23ClF3NO. The van der Waals surface area contributed by atoms with E-state index < -0.39 is 17.5 Å². The molecule has 2 aromatic carbocycles. The van der Waals surface area contributed by atoms with Gasteiger partial charge in [0, 0.05) is 23.7 Å². The van der Waals surface area contributed by atoms with Gasteiger partial charge in [-0.15, -0.1) is 0 Å². The SMILES string of the molecule is OC1(c2ccc(Cl)cc2)CCN(CCCC(=C(F)F)c2ccc(F)cc2)CC1. The average molecular weight is 410 g/mol. The Kier molecular flexibility index (Phi) is 6.81. The van der Waals surface area contributed by atoms with Gasteiger partial charge in [-0.3, -0.25) is 0 Å². The lowest BCUT2D eigenvalue weighted by Gasteiger charge is -2.38. The van der Waals surface area contributed by atoms with Crippen molar-refractivity contribution in [3.8, 4) is 0 Å². The summed E-state index contributed by atoms with van der Waals surface area (Å²) in [5, 5.41) is 11.5. The Morgan fingerprint density at radius 1 is 1.00 bits per heavy atom. The average Bonchev–Trinajstić information content (AvgIpc) is 2.68. The van der Waals surface area contributed by atoms with Crippen molar-refractivity contribution in [3.05, 3.63) is 76.6 Å². The van der Waals surface area contributed by atoms with Crippen LogP contribution in [-0.4, -0.2) is 29.6 Å². The second kappa shape index (κ2) is 9.12. The van der Waals surface area contributed by atoms with Gasteiger partial charge >= 0.3 is 0 Å². The van der Waals surface area contributed by atoms with Gasteiger partial charge in [0.1, 0.15) is 5.82 Å². The molecule has 28 heavy (non-hydrogen) atoms. The summed E-state index contributed by atoms with van der Waals surface area (Å²) in [4.78, 5) is 2.18. The molecule has 3 rings (SSSR count). The van der Waals surface area contributed by atoms with Crippen molar-refractivity contribution in [2.75, 3.05) is 19.6 Å². The number of hydrogen-bond donors (Lipinski definition) is 1. The maximum absolute atomic E-state index is 13.3. The zero-order chi connectivity index (χ0) is 20.1. The van der Waals surface area contributed by atoms with Crippen LogP contribution in [0.15, 0.2) is 54.6 Å². The highest BCUT2D eigenvalue weighted by atomic mass is 35.5. The minimum absolute atomic E-state index is 0.0327. The summed E-state index contributed by atoms with van der Waals surface area (Å²) in [6.45, 7) is 2.08. The van der Waals surface area contributed by atoms with Crippen LogP contribution < -0.4 is 0 Å². The standard InChI is InChI=1S/C22H23ClF3NO/c23-18-7-5-17(6-8-18)22(28)11-14-27(15-12-22)13-1-2-20(21(25)26)16-3-9-19(24)10-4-16/h3-10,28H,1-2,11-15H2. The fourth-order valence-corrected chi connectivity index (χ4v) is 3.80. The summed E-state index contributed by atoms with van der Waals surface area (Å²) >= 11 is 5.91. The Balaban J connectivity index is 1.51. The van der Waals surface area contributed by atoms with Gasteiger partial charge in [0.2, 0.25) is 0 Å². The molecule has 6 heteroatoms. The van der Waals surface area contributed by atoms with E-state index in [0.29, 0.717) is 49.5 Å². The van der Waals surface area contributed by atoms with Crippen LogP contribution in [0.1, 0.15) is 36.8 Å². The number of nitrogens with zero attached hydrogens (tertiary/aromatic N) is 1. The second-order valence-corrected chi connectivity index (χ2v) is 7.67. The Morgan fingerprint density at radius 3 is 2.18 bits per heavy atom. The van der Waals surface area contributed by atoms with Gasteiger partial charge in [-0.05, 0) is 67.6 Å². The van der Waals surface area contributed by atoms with Crippen LogP contribution >= 0.6 is 11.6 Å². The molecule has 1 aliphatic heterocycles. The van der Waals surface area contributed by atoms with E-state index in [1.807, 2.05) is 12.1 Å². The van der Waals surface area contributed by atoms with E-state index in [2.05, 4.69) is 4.90 Å². The summed E-state index contributed by atoms with van der Waals surface area (Å²) in [5.41, 5.74) is 0.315. The molecule has 0 radical (unpaired) electrons. The van der Waals surface area contributed by atoms with E-state index in [-0.39, 0.29) is 12.0 Å². The van der Waals surface area contributed by atoms with Crippen molar-refractivity contribution >= 4 is 17.2 Å². The zero-order valence-corrected chi connectivity index (χ0v) is 16.2. The smallest absolute Gasteiger partial charge is 0.274 e. The molecule has 0 atom stereocenters. The largest absolute Gasteiger partial charge is 0.385 e. The molecule has 0 bridgehead atoms. The Morgan fingerprint density at radius 2 is 1.61 bits per heavy atom. The lowest BCUT2D eigenvalue weighted by atomic mass is 9.84. The Bertz CT molecular complexity index is 809. The van der Waals surface area contributed by atoms with Gasteiger partial charge in [-0.1, -0.05) is 35.9 Å². The fraction of sp³-hybridized carbons (Fsp3) is 0.364. The number of allylic oxidation sites excluding steroid dienone is 1. The summed E-state index contributed by atoms with van der Waals surface area (Å²) < 4.78 is 39.6. The predicted molar refractivity (Wildman–Crippen MR) is 106 cm³/mol. The first-order valence-electron chi connectivity index (χ1n) is 9.38. The molecule has 150 valence electrons. The Labute approximate surface area is 168 Å². The number of aliphatic hydroxyl groups is 1. The molecule has 0 unspecified atom stereocenters. The van der Waals surface area contributed by atoms with Gasteiger partial charge in [0.25, 0.3) is 6.08 Å². The third kappa shape index (κ3) is 5.16. The van der Waals surface area contributed by atoms with Crippen molar-refractivity contribution in [3.63, 3.8) is 0 Å². The molecule has 0 aromatic heterocycles. The number of rotatable bonds is 6. The molecule has 0 amide bonds. The van der Waals surface area contributed by atoms with Gasteiger partial charge in [-0.25, -0.2) is 4.39 Å². The summed E-state index contributed by atoms with van der Waals surface area (Å²) in [7, 11) is 0. The topological polar surface area (TPSA) is 23.5 Å². The number of likely N-dealkylation sites (tertiary alicyclic amines) is 1. The molecule has 2 aromatic rings. The molecule has 1 aliphatic rings. The van der Waals surface area contributed by atoms with E-state index in [1.54, 1.807) is 12.1 Å². The molecule has 1 saturated heterocycles. The third-order valence-electron chi connectivity index (χ3n) is 5.39. The summed E-state index contributed by atoms with van der Waals surface area (Å²) in [6, 6.07) is 12.4. The van der Waals surface area contributed by atoms with Crippen LogP contribution in [0.2, 0.25) is 5.02 Å². The fourth-order valence-electron chi connectivity index (χ4n) is 3.67. The molecule has 0 saturated carbocycles. The lowest BCUT2D eigenvalue weighted by Crippen LogP contribution is -2.42. The quantitative estimate of drug-likeness (QED) is 0.646. The van der Waals surface area contributed by atoms with E-state index in [4.69, 9.17) is 11.6 Å². The number of benzene rings is 2. The summed E-state index contributed by atoms with van der Waals surface area (Å²) in [5.74, 6) is -0.441. The number of halogens is 4. The third-order valence-corrected chi connectivity index (χ3v) is 5.64. The van der Waals surface area contributed by atoms with E-state index in [9.17, 15) is 18.3 Å². The van der Waals surface area contributed by atoms with Crippen molar-refractivity contribution in [2.24, 2.45) is 0 Å². The normalized spacial score (nSPS) is 16.8. The molecule has 1 N–H and O–H groups in total. The van der Waals surface area contributed by atoms with E-state index in [1.165, 1.54) is 24.3 Å². The number of piperidine rings is 1. The zero-order valence-electron chi connectivity index (χ0n) is 15.5. The molecule has 0 spiro atoms. The second-order valence-electron chi connectivity index (χ2n) is 7.23. The molecule has 2 nitrogen and oxygen atoms in total. The first kappa shape index (κ1) is 20.9. The molecule has 1 fully saturated rings. The van der Waals surface area contributed by atoms with Gasteiger partial charge in [0.05, 0.1) is 5.60 Å². The lowest BCUT2D eigenvalue weighted by molar-refractivity contribution is -0.0259. The monoisotopic (exact) mass is 409 g/mol. The molecule has 0 aliphatic carbocycles. The predicted octanol–water partition coefficient (Wildman–Crippen LogP) is 5.85. The first-order valence-corrected chi connectivity index (χ1v) is 9.76. The van der Waals surface area contributed by atoms with Crippen LogP contribution in [0, 0.1) is 5.82 Å². The maximum atomic E-state index is 13.3. The highest BCUT2D eigenvalue weighted by Crippen LogP contribution is 2.34. The van der Waals surface area contributed by atoms with Crippen LogP contribution in [-0.2, 0) is 5.60 Å². The summed E-state index contributed by atoms with van der Waals surface area (Å²) in [6.07, 6.45) is 0.261. The van der Waals surface area contributed by atoms with Crippen molar-refractivity contribution in [2.45, 2.75) is 31.3 Å². The minimum Gasteiger partial charge on any atom is -0.385 e. The highest BCUT2D eigenvalue weighted by Gasteiger charge is 2.33. The van der Waals surface area contributed by atoms with Gasteiger partial charge in [-0.2, -0.15) is 8.78 Å². The van der Waals surface area contributed by atoms with Gasteiger partial charge in [0.15, 0.2) is 0 Å². The maximum Gasteiger partial charge on any atom is 0.274 e.